The van der Waals surface area contributed by atoms with E-state index in [9.17, 15) is 9.59 Å². The SMILES string of the molecule is Cc1ccc(NC(=O)C2(C(=O)Nc3ccccc3C(C)(C)C)CC2)cc1Cl. The van der Waals surface area contributed by atoms with E-state index in [0.29, 0.717) is 23.6 Å². The van der Waals surface area contributed by atoms with Gasteiger partial charge in [0.05, 0.1) is 0 Å². The molecule has 3 rings (SSSR count). The van der Waals surface area contributed by atoms with Crippen molar-refractivity contribution in [2.75, 3.05) is 10.6 Å². The Balaban J connectivity index is 1.77. The van der Waals surface area contributed by atoms with Gasteiger partial charge in [-0.2, -0.15) is 0 Å². The predicted octanol–water partition coefficient (Wildman–Crippen LogP) is 5.30. The molecule has 1 fully saturated rings. The second kappa shape index (κ2) is 7.01. The fourth-order valence-corrected chi connectivity index (χ4v) is 3.27. The normalized spacial score (nSPS) is 15.1. The maximum absolute atomic E-state index is 12.9. The van der Waals surface area contributed by atoms with Crippen molar-refractivity contribution in [3.63, 3.8) is 0 Å². The molecule has 0 heterocycles. The summed E-state index contributed by atoms with van der Waals surface area (Å²) in [4.78, 5) is 25.7. The minimum Gasteiger partial charge on any atom is -0.325 e. The summed E-state index contributed by atoms with van der Waals surface area (Å²) in [7, 11) is 0. The predicted molar refractivity (Wildman–Crippen MR) is 110 cm³/mol. The lowest BCUT2D eigenvalue weighted by molar-refractivity contribution is -0.131. The molecule has 0 spiro atoms. The van der Waals surface area contributed by atoms with Crippen molar-refractivity contribution in [2.45, 2.75) is 46.0 Å². The van der Waals surface area contributed by atoms with Crippen LogP contribution in [0, 0.1) is 12.3 Å². The van der Waals surface area contributed by atoms with Crippen LogP contribution in [0.25, 0.3) is 0 Å². The van der Waals surface area contributed by atoms with Gasteiger partial charge in [0.1, 0.15) is 5.41 Å². The van der Waals surface area contributed by atoms with Gasteiger partial charge < -0.3 is 10.6 Å². The summed E-state index contributed by atoms with van der Waals surface area (Å²) >= 11 is 6.13. The standard InChI is InChI=1S/C22H25ClN2O2/c1-14-9-10-15(13-17(14)23)24-19(26)22(11-12-22)20(27)25-18-8-6-5-7-16(18)21(2,3)4/h5-10,13H,11-12H2,1-4H3,(H,24,26)(H,25,27). The first-order valence-electron chi connectivity index (χ1n) is 9.12. The van der Waals surface area contributed by atoms with E-state index in [2.05, 4.69) is 31.4 Å². The zero-order valence-corrected chi connectivity index (χ0v) is 16.9. The summed E-state index contributed by atoms with van der Waals surface area (Å²) < 4.78 is 0. The van der Waals surface area contributed by atoms with Crippen molar-refractivity contribution in [1.82, 2.24) is 0 Å². The molecule has 0 aliphatic heterocycles. The molecule has 0 saturated heterocycles. The van der Waals surface area contributed by atoms with E-state index < -0.39 is 5.41 Å². The number of anilines is 2. The zero-order chi connectivity index (χ0) is 19.8. The fourth-order valence-electron chi connectivity index (χ4n) is 3.09. The Morgan fingerprint density at radius 2 is 1.63 bits per heavy atom. The number of carbonyl (C=O) groups excluding carboxylic acids is 2. The number of carbonyl (C=O) groups is 2. The summed E-state index contributed by atoms with van der Waals surface area (Å²) in [6, 6.07) is 13.1. The number of aryl methyl sites for hydroxylation is 1. The van der Waals surface area contributed by atoms with Crippen molar-refractivity contribution in [1.29, 1.82) is 0 Å². The molecular weight excluding hydrogens is 360 g/mol. The highest BCUT2D eigenvalue weighted by Crippen LogP contribution is 2.48. The van der Waals surface area contributed by atoms with Gasteiger partial charge in [-0.15, -0.1) is 0 Å². The van der Waals surface area contributed by atoms with Crippen LogP contribution in [-0.2, 0) is 15.0 Å². The van der Waals surface area contributed by atoms with Crippen molar-refractivity contribution in [3.8, 4) is 0 Å². The van der Waals surface area contributed by atoms with Crippen LogP contribution in [0.2, 0.25) is 5.02 Å². The molecule has 1 saturated carbocycles. The van der Waals surface area contributed by atoms with Crippen molar-refractivity contribution < 1.29 is 9.59 Å². The van der Waals surface area contributed by atoms with Gasteiger partial charge in [0.25, 0.3) is 0 Å². The number of nitrogens with one attached hydrogen (secondary N) is 2. The maximum Gasteiger partial charge on any atom is 0.240 e. The highest BCUT2D eigenvalue weighted by molar-refractivity contribution is 6.31. The Hall–Kier alpha value is -2.33. The molecule has 4 nitrogen and oxygen atoms in total. The average Bonchev–Trinajstić information content (AvgIpc) is 3.40. The second-order valence-corrected chi connectivity index (χ2v) is 8.66. The Bertz CT molecular complexity index is 895. The molecule has 27 heavy (non-hydrogen) atoms. The molecule has 0 aromatic heterocycles. The number of benzene rings is 2. The first-order chi connectivity index (χ1) is 12.6. The molecule has 0 atom stereocenters. The molecular formula is C22H25ClN2O2. The van der Waals surface area contributed by atoms with E-state index in [4.69, 9.17) is 11.6 Å². The molecule has 2 N–H and O–H groups in total. The monoisotopic (exact) mass is 384 g/mol. The largest absolute Gasteiger partial charge is 0.325 e. The first-order valence-corrected chi connectivity index (χ1v) is 9.50. The van der Waals surface area contributed by atoms with Crippen LogP contribution in [0.5, 0.6) is 0 Å². The third-order valence-electron chi connectivity index (χ3n) is 5.03. The van der Waals surface area contributed by atoms with E-state index in [1.807, 2.05) is 37.3 Å². The summed E-state index contributed by atoms with van der Waals surface area (Å²) in [5.74, 6) is -0.539. The molecule has 2 aromatic carbocycles. The number of hydrogen-bond acceptors (Lipinski definition) is 2. The number of halogens is 1. The molecule has 2 aromatic rings. The van der Waals surface area contributed by atoms with E-state index in [1.165, 1.54) is 0 Å². The molecule has 0 bridgehead atoms. The highest BCUT2D eigenvalue weighted by atomic mass is 35.5. The van der Waals surface area contributed by atoms with Gasteiger partial charge in [-0.3, -0.25) is 9.59 Å². The van der Waals surface area contributed by atoms with Crippen LogP contribution >= 0.6 is 11.6 Å². The summed E-state index contributed by atoms with van der Waals surface area (Å²) in [6.07, 6.45) is 1.09. The van der Waals surface area contributed by atoms with Crippen molar-refractivity contribution in [3.05, 3.63) is 58.6 Å². The number of amides is 2. The first kappa shape index (κ1) is 19.4. The Kier molecular flexibility index (Phi) is 5.04. The van der Waals surface area contributed by atoms with Gasteiger partial charge in [0.2, 0.25) is 11.8 Å². The van der Waals surface area contributed by atoms with Crippen LogP contribution in [0.3, 0.4) is 0 Å². The van der Waals surface area contributed by atoms with Gasteiger partial charge in [0, 0.05) is 16.4 Å². The quantitative estimate of drug-likeness (QED) is 0.702. The van der Waals surface area contributed by atoms with Gasteiger partial charge in [-0.1, -0.05) is 56.6 Å². The van der Waals surface area contributed by atoms with Crippen molar-refractivity contribution >= 4 is 34.8 Å². The molecule has 0 radical (unpaired) electrons. The molecule has 1 aliphatic rings. The maximum atomic E-state index is 12.9. The Morgan fingerprint density at radius 1 is 1.00 bits per heavy atom. The third kappa shape index (κ3) is 4.01. The summed E-state index contributed by atoms with van der Waals surface area (Å²) in [5, 5.41) is 6.41. The minimum atomic E-state index is -1.01. The average molecular weight is 385 g/mol. The van der Waals surface area contributed by atoms with E-state index in [0.717, 1.165) is 16.8 Å². The van der Waals surface area contributed by atoms with Gasteiger partial charge >= 0.3 is 0 Å². The van der Waals surface area contributed by atoms with E-state index >= 15 is 0 Å². The Labute approximate surface area is 165 Å². The lowest BCUT2D eigenvalue weighted by Crippen LogP contribution is -2.36. The van der Waals surface area contributed by atoms with Crippen LogP contribution in [0.4, 0.5) is 11.4 Å². The van der Waals surface area contributed by atoms with Crippen molar-refractivity contribution in [2.24, 2.45) is 5.41 Å². The number of para-hydroxylation sites is 1. The summed E-state index contributed by atoms with van der Waals surface area (Å²) in [6.45, 7) is 8.19. The van der Waals surface area contributed by atoms with Crippen LogP contribution in [0.15, 0.2) is 42.5 Å². The zero-order valence-electron chi connectivity index (χ0n) is 16.2. The molecule has 1 aliphatic carbocycles. The molecule has 5 heteroatoms. The molecule has 0 unspecified atom stereocenters. The second-order valence-electron chi connectivity index (χ2n) is 8.25. The summed E-state index contributed by atoms with van der Waals surface area (Å²) in [5.41, 5.74) is 2.22. The van der Waals surface area contributed by atoms with Gasteiger partial charge in [-0.25, -0.2) is 0 Å². The third-order valence-corrected chi connectivity index (χ3v) is 5.44. The Morgan fingerprint density at radius 3 is 2.22 bits per heavy atom. The number of hydrogen-bond donors (Lipinski definition) is 2. The van der Waals surface area contributed by atoms with Gasteiger partial charge in [-0.05, 0) is 54.5 Å². The lowest BCUT2D eigenvalue weighted by Gasteiger charge is -2.24. The van der Waals surface area contributed by atoms with Crippen LogP contribution in [0.1, 0.15) is 44.7 Å². The van der Waals surface area contributed by atoms with E-state index in [-0.39, 0.29) is 17.2 Å². The lowest BCUT2D eigenvalue weighted by atomic mass is 9.85. The number of rotatable bonds is 4. The fraction of sp³-hybridized carbons (Fsp3) is 0.364. The molecule has 142 valence electrons. The smallest absolute Gasteiger partial charge is 0.240 e. The minimum absolute atomic E-state index is 0.110. The topological polar surface area (TPSA) is 58.2 Å². The van der Waals surface area contributed by atoms with Crippen LogP contribution < -0.4 is 10.6 Å². The molecule has 2 amide bonds. The highest BCUT2D eigenvalue weighted by Gasteiger charge is 2.56. The van der Waals surface area contributed by atoms with E-state index in [1.54, 1.807) is 12.1 Å². The van der Waals surface area contributed by atoms with Crippen LogP contribution in [-0.4, -0.2) is 11.8 Å². The van der Waals surface area contributed by atoms with Gasteiger partial charge in [0.15, 0.2) is 0 Å².